The first-order chi connectivity index (χ1) is 12.0. The summed E-state index contributed by atoms with van der Waals surface area (Å²) in [4.78, 5) is 22.6. The van der Waals surface area contributed by atoms with Crippen LogP contribution >= 0.6 is 0 Å². The summed E-state index contributed by atoms with van der Waals surface area (Å²) in [6.07, 6.45) is 4.09. The zero-order valence-corrected chi connectivity index (χ0v) is 15.2. The maximum Gasteiger partial charge on any atom is 0.272 e. The summed E-state index contributed by atoms with van der Waals surface area (Å²) >= 11 is 0. The van der Waals surface area contributed by atoms with E-state index in [-0.39, 0.29) is 35.3 Å². The smallest absolute Gasteiger partial charge is 0.272 e. The molecule has 2 aliphatic rings. The zero-order valence-electron chi connectivity index (χ0n) is 14.3. The predicted molar refractivity (Wildman–Crippen MR) is 93.3 cm³/mol. The molecule has 2 unspecified atom stereocenters. The first kappa shape index (κ1) is 18.1. The Morgan fingerprint density at radius 3 is 2.88 bits per heavy atom. The van der Waals surface area contributed by atoms with Gasteiger partial charge in [-0.3, -0.25) is 4.79 Å². The van der Waals surface area contributed by atoms with Gasteiger partial charge < -0.3 is 15.0 Å². The third kappa shape index (κ3) is 4.46. The van der Waals surface area contributed by atoms with Gasteiger partial charge in [-0.25, -0.2) is 18.4 Å². The van der Waals surface area contributed by atoms with E-state index in [1.165, 1.54) is 6.33 Å². The topological polar surface area (TPSA) is 101 Å². The molecule has 0 bridgehead atoms. The number of sulfone groups is 1. The van der Waals surface area contributed by atoms with Crippen LogP contribution in [0.25, 0.3) is 0 Å². The number of anilines is 1. The van der Waals surface area contributed by atoms with Crippen molar-refractivity contribution in [1.29, 1.82) is 0 Å². The Morgan fingerprint density at radius 2 is 2.24 bits per heavy atom. The third-order valence-electron chi connectivity index (χ3n) is 4.67. The monoisotopic (exact) mass is 368 g/mol. The van der Waals surface area contributed by atoms with Crippen LogP contribution in [-0.4, -0.2) is 72.5 Å². The molecule has 0 radical (unpaired) electrons. The molecule has 0 aliphatic carbocycles. The number of aromatic nitrogens is 2. The molecule has 0 aromatic carbocycles. The first-order valence-corrected chi connectivity index (χ1v) is 10.5. The lowest BCUT2D eigenvalue weighted by molar-refractivity contribution is 0.0702. The van der Waals surface area contributed by atoms with Crippen LogP contribution in [0, 0.1) is 0 Å². The van der Waals surface area contributed by atoms with E-state index < -0.39 is 9.84 Å². The van der Waals surface area contributed by atoms with Gasteiger partial charge in [-0.05, 0) is 26.2 Å². The summed E-state index contributed by atoms with van der Waals surface area (Å²) in [7, 11) is -3.05. The number of carbonyl (C=O) groups is 1. The maximum absolute atomic E-state index is 12.8. The Labute approximate surface area is 147 Å². The number of hydrogen-bond acceptors (Lipinski definition) is 7. The molecule has 1 aromatic rings. The molecule has 0 saturated carbocycles. The van der Waals surface area contributed by atoms with Crippen LogP contribution in [0.4, 0.5) is 5.82 Å². The molecule has 2 fully saturated rings. The molecule has 8 nitrogen and oxygen atoms in total. The quantitative estimate of drug-likeness (QED) is 0.789. The van der Waals surface area contributed by atoms with Gasteiger partial charge in [0, 0.05) is 31.8 Å². The Hall–Kier alpha value is -1.74. The molecule has 3 heterocycles. The Bertz CT molecular complexity index is 719. The molecule has 1 aromatic heterocycles. The number of amides is 1. The van der Waals surface area contributed by atoms with Crippen molar-refractivity contribution in [2.24, 2.45) is 0 Å². The van der Waals surface area contributed by atoms with Crippen LogP contribution < -0.4 is 5.32 Å². The predicted octanol–water partition coefficient (Wildman–Crippen LogP) is 0.717. The van der Waals surface area contributed by atoms with Gasteiger partial charge in [-0.15, -0.1) is 0 Å². The van der Waals surface area contributed by atoms with Crippen molar-refractivity contribution in [3.8, 4) is 0 Å². The lowest BCUT2D eigenvalue weighted by atomic mass is 10.2. The highest BCUT2D eigenvalue weighted by molar-refractivity contribution is 7.91. The summed E-state index contributed by atoms with van der Waals surface area (Å²) < 4.78 is 29.0. The highest BCUT2D eigenvalue weighted by atomic mass is 32.2. The van der Waals surface area contributed by atoms with Crippen LogP contribution in [0.5, 0.6) is 0 Å². The lowest BCUT2D eigenvalue weighted by Crippen LogP contribution is -2.41. The van der Waals surface area contributed by atoms with Gasteiger partial charge in [0.2, 0.25) is 0 Å². The van der Waals surface area contributed by atoms with E-state index in [4.69, 9.17) is 4.74 Å². The van der Waals surface area contributed by atoms with Crippen LogP contribution in [0.3, 0.4) is 0 Å². The van der Waals surface area contributed by atoms with Crippen molar-refractivity contribution in [1.82, 2.24) is 14.9 Å². The van der Waals surface area contributed by atoms with Gasteiger partial charge >= 0.3 is 0 Å². The SMILES string of the molecule is CCN(C(=O)c1cc(NCC2CCCO2)ncn1)C1CCS(=O)(=O)C1. The van der Waals surface area contributed by atoms with Crippen molar-refractivity contribution >= 4 is 21.6 Å². The fourth-order valence-electron chi connectivity index (χ4n) is 3.33. The van der Waals surface area contributed by atoms with Gasteiger partial charge in [-0.2, -0.15) is 0 Å². The normalized spacial score (nSPS) is 25.0. The van der Waals surface area contributed by atoms with Crippen LogP contribution in [0.2, 0.25) is 0 Å². The van der Waals surface area contributed by atoms with Crippen molar-refractivity contribution in [2.45, 2.75) is 38.3 Å². The molecule has 3 rings (SSSR count). The number of nitrogens with zero attached hydrogens (tertiary/aromatic N) is 3. The van der Waals surface area contributed by atoms with E-state index in [1.807, 2.05) is 6.92 Å². The summed E-state index contributed by atoms with van der Waals surface area (Å²) in [5.41, 5.74) is 0.274. The summed E-state index contributed by atoms with van der Waals surface area (Å²) in [5, 5.41) is 3.18. The van der Waals surface area contributed by atoms with Crippen molar-refractivity contribution in [2.75, 3.05) is 36.5 Å². The summed E-state index contributed by atoms with van der Waals surface area (Å²) in [6.45, 7) is 3.72. The minimum Gasteiger partial charge on any atom is -0.376 e. The number of carbonyl (C=O) groups excluding carboxylic acids is 1. The molecule has 2 saturated heterocycles. The van der Waals surface area contributed by atoms with Crippen LogP contribution in [0.15, 0.2) is 12.4 Å². The minimum absolute atomic E-state index is 0.0296. The van der Waals surface area contributed by atoms with E-state index in [9.17, 15) is 13.2 Å². The average Bonchev–Trinajstić information content (AvgIpc) is 3.23. The maximum atomic E-state index is 12.8. The second-order valence-electron chi connectivity index (χ2n) is 6.45. The standard InChI is InChI=1S/C16H24N4O4S/c1-2-20(12-5-7-25(22,23)10-12)16(21)14-8-15(19-11-18-14)17-9-13-4-3-6-24-13/h8,11-13H,2-7,9-10H2,1H3,(H,17,18,19). The molecule has 0 spiro atoms. The molecular weight excluding hydrogens is 344 g/mol. The molecule has 9 heteroatoms. The summed E-state index contributed by atoms with van der Waals surface area (Å²) in [6, 6.07) is 1.34. The minimum atomic E-state index is -3.05. The van der Waals surface area contributed by atoms with E-state index in [0.717, 1.165) is 19.4 Å². The Balaban J connectivity index is 1.67. The second-order valence-corrected chi connectivity index (χ2v) is 8.68. The van der Waals surface area contributed by atoms with Crippen LogP contribution in [-0.2, 0) is 14.6 Å². The third-order valence-corrected chi connectivity index (χ3v) is 6.42. The number of hydrogen-bond donors (Lipinski definition) is 1. The Morgan fingerprint density at radius 1 is 1.40 bits per heavy atom. The molecule has 138 valence electrons. The second kappa shape index (κ2) is 7.65. The van der Waals surface area contributed by atoms with Crippen molar-refractivity contribution in [3.05, 3.63) is 18.1 Å². The molecule has 2 aliphatic heterocycles. The fourth-order valence-corrected chi connectivity index (χ4v) is 5.06. The average molecular weight is 368 g/mol. The largest absolute Gasteiger partial charge is 0.376 e. The van der Waals surface area contributed by atoms with Gasteiger partial charge in [0.1, 0.15) is 17.8 Å². The van der Waals surface area contributed by atoms with Crippen LogP contribution in [0.1, 0.15) is 36.7 Å². The van der Waals surface area contributed by atoms with Gasteiger partial charge in [0.15, 0.2) is 9.84 Å². The number of rotatable bonds is 6. The van der Waals surface area contributed by atoms with Gasteiger partial charge in [0.05, 0.1) is 17.6 Å². The van der Waals surface area contributed by atoms with Crippen molar-refractivity contribution in [3.63, 3.8) is 0 Å². The molecular formula is C16H24N4O4S. The highest BCUT2D eigenvalue weighted by Crippen LogP contribution is 2.20. The van der Waals surface area contributed by atoms with Gasteiger partial charge in [-0.1, -0.05) is 0 Å². The number of nitrogens with one attached hydrogen (secondary N) is 1. The molecule has 25 heavy (non-hydrogen) atoms. The van der Waals surface area contributed by atoms with Crippen molar-refractivity contribution < 1.29 is 17.9 Å². The van der Waals surface area contributed by atoms with E-state index in [1.54, 1.807) is 11.0 Å². The Kier molecular flexibility index (Phi) is 5.53. The molecule has 1 amide bonds. The summed E-state index contributed by atoms with van der Waals surface area (Å²) in [5.74, 6) is 0.484. The highest BCUT2D eigenvalue weighted by Gasteiger charge is 2.34. The van der Waals surface area contributed by atoms with E-state index in [0.29, 0.717) is 25.3 Å². The fraction of sp³-hybridized carbons (Fsp3) is 0.688. The van der Waals surface area contributed by atoms with Gasteiger partial charge in [0.25, 0.3) is 5.91 Å². The zero-order chi connectivity index (χ0) is 17.9. The van der Waals surface area contributed by atoms with E-state index >= 15 is 0 Å². The lowest BCUT2D eigenvalue weighted by Gasteiger charge is -2.26. The molecule has 1 N–H and O–H groups in total. The number of ether oxygens (including phenoxy) is 1. The first-order valence-electron chi connectivity index (χ1n) is 8.67. The van der Waals surface area contributed by atoms with E-state index in [2.05, 4.69) is 15.3 Å². The molecule has 2 atom stereocenters.